The van der Waals surface area contributed by atoms with E-state index < -0.39 is 20.5 Å². The lowest BCUT2D eigenvalue weighted by atomic mass is 10.0. The number of rotatable bonds is 35. The lowest BCUT2D eigenvalue weighted by molar-refractivity contribution is -0.145. The Morgan fingerprint density at radius 1 is 0.600 bits per heavy atom. The Kier molecular flexibility index (Phi) is 32.2. The molecule has 0 saturated carbocycles. The highest BCUT2D eigenvalue weighted by molar-refractivity contribution is 7.47. The van der Waals surface area contributed by atoms with E-state index in [0.717, 1.165) is 38.5 Å². The number of phosphoric ester groups is 1. The molecule has 2 atom stereocenters. The average molecular weight is 664 g/mol. The standard InChI is InChI=1S/C35H70NO8P/c1-3-5-7-9-11-13-15-16-18-20-22-24-26-28-35(39)42-31-33(32-44-45(40,41)43-30-29-37)36-34(38)27-25-23-21-19-17-14-12-10-8-6-4-2/h33,37H,3-32H2,1-2H3,(H,36,38)(H,40,41)/t33-/m1/s1. The van der Waals surface area contributed by atoms with Gasteiger partial charge in [-0.05, 0) is 12.8 Å². The van der Waals surface area contributed by atoms with Gasteiger partial charge >= 0.3 is 13.8 Å². The zero-order valence-corrected chi connectivity index (χ0v) is 30.0. The van der Waals surface area contributed by atoms with Crippen molar-refractivity contribution in [3.05, 3.63) is 0 Å². The fourth-order valence-electron chi connectivity index (χ4n) is 5.31. The average Bonchev–Trinajstić information content (AvgIpc) is 3.02. The number of esters is 1. The van der Waals surface area contributed by atoms with E-state index in [-0.39, 0.29) is 31.7 Å². The van der Waals surface area contributed by atoms with Crippen LogP contribution in [0.3, 0.4) is 0 Å². The minimum Gasteiger partial charge on any atom is -0.463 e. The molecule has 0 radical (unpaired) electrons. The predicted octanol–water partition coefficient (Wildman–Crippen LogP) is 9.32. The van der Waals surface area contributed by atoms with Crippen LogP contribution in [-0.2, 0) is 27.9 Å². The van der Waals surface area contributed by atoms with E-state index in [4.69, 9.17) is 14.4 Å². The first-order valence-corrected chi connectivity index (χ1v) is 20.0. The summed E-state index contributed by atoms with van der Waals surface area (Å²) >= 11 is 0. The zero-order valence-electron chi connectivity index (χ0n) is 29.1. The SMILES string of the molecule is CCCCCCCCCCCCCCCC(=O)OC[C@H](COP(=O)(O)OCCO)NC(=O)CCCCCCCCCCCCC. The molecule has 0 aromatic carbocycles. The maximum Gasteiger partial charge on any atom is 0.472 e. The summed E-state index contributed by atoms with van der Waals surface area (Å²) in [7, 11) is -4.40. The first-order valence-electron chi connectivity index (χ1n) is 18.5. The second-order valence-corrected chi connectivity index (χ2v) is 14.0. The topological polar surface area (TPSA) is 131 Å². The van der Waals surface area contributed by atoms with Gasteiger partial charge in [-0.3, -0.25) is 18.6 Å². The Bertz CT molecular complexity index is 724. The second-order valence-electron chi connectivity index (χ2n) is 12.5. The molecule has 0 bridgehead atoms. The predicted molar refractivity (Wildman–Crippen MR) is 183 cm³/mol. The fraction of sp³-hybridized carbons (Fsp3) is 0.943. The molecular formula is C35H70NO8P. The maximum absolute atomic E-state index is 12.6. The third-order valence-corrected chi connectivity index (χ3v) is 9.07. The number of amides is 1. The molecule has 0 aliphatic rings. The molecule has 0 aromatic rings. The monoisotopic (exact) mass is 663 g/mol. The molecule has 1 unspecified atom stereocenters. The van der Waals surface area contributed by atoms with E-state index in [9.17, 15) is 19.0 Å². The van der Waals surface area contributed by atoms with Gasteiger partial charge in [-0.1, -0.05) is 155 Å². The summed E-state index contributed by atoms with van der Waals surface area (Å²) in [5.41, 5.74) is 0. The number of hydrogen-bond donors (Lipinski definition) is 3. The van der Waals surface area contributed by atoms with Crippen molar-refractivity contribution in [1.82, 2.24) is 5.32 Å². The van der Waals surface area contributed by atoms with Crippen molar-refractivity contribution in [3.63, 3.8) is 0 Å². The first-order chi connectivity index (χ1) is 21.8. The summed E-state index contributed by atoms with van der Waals surface area (Å²) in [6.45, 7) is 3.20. The van der Waals surface area contributed by atoms with Crippen molar-refractivity contribution in [1.29, 1.82) is 0 Å². The zero-order chi connectivity index (χ0) is 33.3. The first kappa shape index (κ1) is 44.0. The molecule has 0 saturated heterocycles. The van der Waals surface area contributed by atoms with Gasteiger partial charge in [0.25, 0.3) is 0 Å². The smallest absolute Gasteiger partial charge is 0.463 e. The number of aliphatic hydroxyl groups is 1. The van der Waals surface area contributed by atoms with E-state index in [0.29, 0.717) is 12.8 Å². The van der Waals surface area contributed by atoms with Crippen LogP contribution >= 0.6 is 7.82 Å². The van der Waals surface area contributed by atoms with Gasteiger partial charge in [-0.25, -0.2) is 4.57 Å². The third-order valence-electron chi connectivity index (χ3n) is 8.09. The molecule has 0 aliphatic carbocycles. The molecule has 268 valence electrons. The number of aliphatic hydroxyl groups excluding tert-OH is 1. The van der Waals surface area contributed by atoms with E-state index >= 15 is 0 Å². The van der Waals surface area contributed by atoms with Gasteiger partial charge in [-0.15, -0.1) is 0 Å². The molecule has 0 fully saturated rings. The molecule has 0 spiro atoms. The molecular weight excluding hydrogens is 593 g/mol. The molecule has 10 heteroatoms. The summed E-state index contributed by atoms with van der Waals surface area (Å²) in [6.07, 6.45) is 29.7. The number of phosphoric acid groups is 1. The number of nitrogens with one attached hydrogen (secondary N) is 1. The normalized spacial score (nSPS) is 13.4. The highest BCUT2D eigenvalue weighted by Crippen LogP contribution is 2.42. The summed E-state index contributed by atoms with van der Waals surface area (Å²) in [5.74, 6) is -0.567. The number of hydrogen-bond acceptors (Lipinski definition) is 7. The Labute approximate surface area is 275 Å². The van der Waals surface area contributed by atoms with Crippen molar-refractivity contribution in [2.75, 3.05) is 26.4 Å². The lowest BCUT2D eigenvalue weighted by Gasteiger charge is -2.20. The molecule has 1 amide bonds. The van der Waals surface area contributed by atoms with Crippen LogP contribution in [-0.4, -0.2) is 54.3 Å². The Balaban J connectivity index is 4.20. The van der Waals surface area contributed by atoms with Gasteiger partial charge in [0.05, 0.1) is 25.9 Å². The van der Waals surface area contributed by atoms with Crippen molar-refractivity contribution in [2.24, 2.45) is 0 Å². The van der Waals surface area contributed by atoms with Crippen LogP contribution in [0.4, 0.5) is 0 Å². The minimum absolute atomic E-state index is 0.152. The largest absolute Gasteiger partial charge is 0.472 e. The second kappa shape index (κ2) is 32.9. The fourth-order valence-corrected chi connectivity index (χ4v) is 6.07. The van der Waals surface area contributed by atoms with Crippen molar-refractivity contribution < 1.29 is 37.9 Å². The van der Waals surface area contributed by atoms with E-state index in [2.05, 4.69) is 23.7 Å². The molecule has 9 nitrogen and oxygen atoms in total. The van der Waals surface area contributed by atoms with Crippen molar-refractivity contribution in [2.45, 2.75) is 187 Å². The molecule has 0 rings (SSSR count). The highest BCUT2D eigenvalue weighted by atomic mass is 31.2. The van der Waals surface area contributed by atoms with Crippen LogP contribution in [0.5, 0.6) is 0 Å². The van der Waals surface area contributed by atoms with Crippen LogP contribution in [0.25, 0.3) is 0 Å². The minimum atomic E-state index is -4.40. The summed E-state index contributed by atoms with van der Waals surface area (Å²) < 4.78 is 27.0. The van der Waals surface area contributed by atoms with Crippen LogP contribution in [0.1, 0.15) is 181 Å². The number of carbonyl (C=O) groups is 2. The molecule has 3 N–H and O–H groups in total. The lowest BCUT2D eigenvalue weighted by Crippen LogP contribution is -2.41. The molecule has 45 heavy (non-hydrogen) atoms. The third kappa shape index (κ3) is 32.7. The van der Waals surface area contributed by atoms with Gasteiger partial charge in [0.2, 0.25) is 5.91 Å². The summed E-state index contributed by atoms with van der Waals surface area (Å²) in [4.78, 5) is 34.7. The van der Waals surface area contributed by atoms with Crippen LogP contribution in [0.15, 0.2) is 0 Å². The Morgan fingerprint density at radius 2 is 1.00 bits per heavy atom. The number of unbranched alkanes of at least 4 members (excludes halogenated alkanes) is 22. The Morgan fingerprint density at radius 3 is 1.42 bits per heavy atom. The quantitative estimate of drug-likeness (QED) is 0.0347. The van der Waals surface area contributed by atoms with E-state index in [1.54, 1.807) is 0 Å². The van der Waals surface area contributed by atoms with E-state index in [1.165, 1.54) is 116 Å². The van der Waals surface area contributed by atoms with Gasteiger partial charge in [0.15, 0.2) is 0 Å². The molecule has 0 heterocycles. The van der Waals surface area contributed by atoms with Gasteiger partial charge in [0, 0.05) is 12.8 Å². The Hall–Kier alpha value is -0.990. The maximum atomic E-state index is 12.6. The number of ether oxygens (including phenoxy) is 1. The van der Waals surface area contributed by atoms with Crippen LogP contribution in [0.2, 0.25) is 0 Å². The van der Waals surface area contributed by atoms with E-state index in [1.807, 2.05) is 0 Å². The molecule has 0 aromatic heterocycles. The highest BCUT2D eigenvalue weighted by Gasteiger charge is 2.24. The van der Waals surface area contributed by atoms with Gasteiger partial charge < -0.3 is 20.1 Å². The van der Waals surface area contributed by atoms with Crippen LogP contribution < -0.4 is 5.32 Å². The van der Waals surface area contributed by atoms with Crippen molar-refractivity contribution >= 4 is 19.7 Å². The van der Waals surface area contributed by atoms with Crippen LogP contribution in [0, 0.1) is 0 Å². The number of carbonyl (C=O) groups excluding carboxylic acids is 2. The molecule has 0 aliphatic heterocycles. The summed E-state index contributed by atoms with van der Waals surface area (Å²) in [5, 5.41) is 11.6. The van der Waals surface area contributed by atoms with Gasteiger partial charge in [0.1, 0.15) is 6.61 Å². The summed E-state index contributed by atoms with van der Waals surface area (Å²) in [6, 6.07) is -0.779. The van der Waals surface area contributed by atoms with Gasteiger partial charge in [-0.2, -0.15) is 0 Å². The van der Waals surface area contributed by atoms with Crippen molar-refractivity contribution in [3.8, 4) is 0 Å².